The first-order chi connectivity index (χ1) is 9.43. The minimum atomic E-state index is -0.189. The van der Waals surface area contributed by atoms with Crippen molar-refractivity contribution in [3.05, 3.63) is 52.1 Å². The van der Waals surface area contributed by atoms with Crippen LogP contribution in [0, 0.1) is 26.6 Å². The van der Waals surface area contributed by atoms with E-state index in [0.29, 0.717) is 0 Å². The molecule has 1 aromatic carbocycles. The molecule has 0 spiro atoms. The van der Waals surface area contributed by atoms with Crippen molar-refractivity contribution >= 4 is 0 Å². The third-order valence-corrected chi connectivity index (χ3v) is 4.03. The number of likely N-dealkylation sites (N-methyl/N-ethyl adjacent to an activating group) is 1. The average molecular weight is 275 g/mol. The summed E-state index contributed by atoms with van der Waals surface area (Å²) in [6, 6.07) is 5.05. The van der Waals surface area contributed by atoms with E-state index in [0.717, 1.165) is 28.9 Å². The number of hydrogen-bond donors (Lipinski definition) is 1. The quantitative estimate of drug-likeness (QED) is 0.929. The molecule has 0 saturated carbocycles. The van der Waals surface area contributed by atoms with E-state index in [1.54, 1.807) is 6.07 Å². The average Bonchev–Trinajstić information content (AvgIpc) is 2.65. The van der Waals surface area contributed by atoms with Gasteiger partial charge in [0.25, 0.3) is 0 Å². The molecule has 108 valence electrons. The van der Waals surface area contributed by atoms with Crippen LogP contribution in [-0.2, 0) is 13.5 Å². The van der Waals surface area contributed by atoms with Gasteiger partial charge in [0.15, 0.2) is 0 Å². The Morgan fingerprint density at radius 3 is 2.55 bits per heavy atom. The Morgan fingerprint density at radius 1 is 1.30 bits per heavy atom. The van der Waals surface area contributed by atoms with Gasteiger partial charge in [0.2, 0.25) is 0 Å². The zero-order chi connectivity index (χ0) is 14.9. The van der Waals surface area contributed by atoms with Crippen molar-refractivity contribution in [3.63, 3.8) is 0 Å². The van der Waals surface area contributed by atoms with Crippen LogP contribution in [0.4, 0.5) is 4.39 Å². The highest BCUT2D eigenvalue weighted by Gasteiger charge is 2.18. The van der Waals surface area contributed by atoms with Gasteiger partial charge >= 0.3 is 0 Å². The van der Waals surface area contributed by atoms with Gasteiger partial charge in [-0.2, -0.15) is 5.10 Å². The molecule has 0 aliphatic carbocycles. The highest BCUT2D eigenvalue weighted by atomic mass is 19.1. The number of halogens is 1. The summed E-state index contributed by atoms with van der Waals surface area (Å²) >= 11 is 0. The van der Waals surface area contributed by atoms with Crippen LogP contribution in [0.2, 0.25) is 0 Å². The smallest absolute Gasteiger partial charge is 0.123 e. The number of benzene rings is 1. The first-order valence-corrected chi connectivity index (χ1v) is 6.86. The van der Waals surface area contributed by atoms with E-state index in [4.69, 9.17) is 0 Å². The normalized spacial score (nSPS) is 12.7. The van der Waals surface area contributed by atoms with Crippen LogP contribution in [0.25, 0.3) is 0 Å². The molecule has 2 aromatic rings. The Balaban J connectivity index is 2.36. The monoisotopic (exact) mass is 275 g/mol. The third kappa shape index (κ3) is 2.75. The minimum absolute atomic E-state index is 0.0901. The van der Waals surface area contributed by atoms with Crippen LogP contribution in [-0.4, -0.2) is 16.8 Å². The number of hydrogen-bond acceptors (Lipinski definition) is 2. The summed E-state index contributed by atoms with van der Waals surface area (Å²) in [5.74, 6) is -0.189. The number of rotatable bonds is 4. The lowest BCUT2D eigenvalue weighted by Crippen LogP contribution is -2.20. The van der Waals surface area contributed by atoms with Gasteiger partial charge in [-0.1, -0.05) is 6.07 Å². The third-order valence-electron chi connectivity index (χ3n) is 4.03. The van der Waals surface area contributed by atoms with Crippen molar-refractivity contribution in [2.75, 3.05) is 7.05 Å². The second-order valence-electron chi connectivity index (χ2n) is 5.32. The van der Waals surface area contributed by atoms with Crippen molar-refractivity contribution in [1.29, 1.82) is 0 Å². The molecule has 4 heteroatoms. The molecule has 0 amide bonds. The Labute approximate surface area is 119 Å². The fraction of sp³-hybridized carbons (Fsp3) is 0.438. The molecule has 1 N–H and O–H groups in total. The van der Waals surface area contributed by atoms with Crippen LogP contribution in [0.3, 0.4) is 0 Å². The molecule has 1 aromatic heterocycles. The van der Waals surface area contributed by atoms with E-state index in [1.807, 2.05) is 38.7 Å². The Morgan fingerprint density at radius 2 is 2.00 bits per heavy atom. The molecule has 20 heavy (non-hydrogen) atoms. The molecule has 2 rings (SSSR count). The minimum Gasteiger partial charge on any atom is -0.313 e. The number of nitrogens with zero attached hydrogens (tertiary/aromatic N) is 2. The van der Waals surface area contributed by atoms with Gasteiger partial charge in [-0.25, -0.2) is 4.39 Å². The Hall–Kier alpha value is -1.68. The van der Waals surface area contributed by atoms with E-state index in [2.05, 4.69) is 17.3 Å². The molecule has 0 aliphatic rings. The Bertz CT molecular complexity index is 616. The summed E-state index contributed by atoms with van der Waals surface area (Å²) in [5, 5.41) is 7.74. The van der Waals surface area contributed by atoms with Crippen molar-refractivity contribution in [2.24, 2.45) is 7.05 Å². The van der Waals surface area contributed by atoms with Gasteiger partial charge < -0.3 is 5.32 Å². The largest absolute Gasteiger partial charge is 0.313 e. The van der Waals surface area contributed by atoms with Crippen molar-refractivity contribution in [1.82, 2.24) is 15.1 Å². The highest BCUT2D eigenvalue weighted by molar-refractivity contribution is 5.33. The lowest BCUT2D eigenvalue weighted by molar-refractivity contribution is 0.571. The lowest BCUT2D eigenvalue weighted by atomic mass is 9.94. The predicted molar refractivity (Wildman–Crippen MR) is 79.3 cm³/mol. The molecule has 1 heterocycles. The first kappa shape index (κ1) is 14.7. The van der Waals surface area contributed by atoms with Gasteiger partial charge in [0, 0.05) is 18.8 Å². The maximum atomic E-state index is 13.5. The Kier molecular flexibility index (Phi) is 4.23. The van der Waals surface area contributed by atoms with E-state index in [1.165, 1.54) is 11.6 Å². The maximum Gasteiger partial charge on any atom is 0.123 e. The molecule has 0 bridgehead atoms. The van der Waals surface area contributed by atoms with Gasteiger partial charge in [-0.3, -0.25) is 4.68 Å². The first-order valence-electron chi connectivity index (χ1n) is 6.86. The summed E-state index contributed by atoms with van der Waals surface area (Å²) in [4.78, 5) is 0. The van der Waals surface area contributed by atoms with Gasteiger partial charge in [-0.15, -0.1) is 0 Å². The zero-order valence-electron chi connectivity index (χ0n) is 12.8. The second kappa shape index (κ2) is 5.75. The van der Waals surface area contributed by atoms with E-state index < -0.39 is 0 Å². The van der Waals surface area contributed by atoms with E-state index in [-0.39, 0.29) is 11.9 Å². The standard InChI is InChI=1S/C16H22FN3/c1-10-6-7-13(17)8-14(10)16(18-4)9-15-11(2)19-20(5)12(15)3/h6-8,16,18H,9H2,1-5H3. The summed E-state index contributed by atoms with van der Waals surface area (Å²) in [7, 11) is 3.86. The van der Waals surface area contributed by atoms with Crippen LogP contribution >= 0.6 is 0 Å². The fourth-order valence-corrected chi connectivity index (χ4v) is 2.67. The zero-order valence-corrected chi connectivity index (χ0v) is 12.8. The summed E-state index contributed by atoms with van der Waals surface area (Å²) in [5.41, 5.74) is 5.55. The molecule has 0 radical (unpaired) electrons. The van der Waals surface area contributed by atoms with E-state index in [9.17, 15) is 4.39 Å². The van der Waals surface area contributed by atoms with Gasteiger partial charge in [-0.05, 0) is 63.1 Å². The molecule has 0 aliphatic heterocycles. The van der Waals surface area contributed by atoms with Crippen LogP contribution < -0.4 is 5.32 Å². The second-order valence-corrected chi connectivity index (χ2v) is 5.32. The molecule has 0 fully saturated rings. The highest BCUT2D eigenvalue weighted by Crippen LogP contribution is 2.25. The fourth-order valence-electron chi connectivity index (χ4n) is 2.67. The molecule has 0 saturated heterocycles. The molecule has 1 unspecified atom stereocenters. The molecular formula is C16H22FN3. The van der Waals surface area contributed by atoms with E-state index >= 15 is 0 Å². The molecular weight excluding hydrogens is 253 g/mol. The number of nitrogens with one attached hydrogen (secondary N) is 1. The number of aromatic nitrogens is 2. The summed E-state index contributed by atoms with van der Waals surface area (Å²) in [6.45, 7) is 6.11. The summed E-state index contributed by atoms with van der Waals surface area (Å²) < 4.78 is 15.4. The summed E-state index contributed by atoms with van der Waals surface area (Å²) in [6.07, 6.45) is 0.812. The van der Waals surface area contributed by atoms with Crippen molar-refractivity contribution in [3.8, 4) is 0 Å². The molecule has 1 atom stereocenters. The van der Waals surface area contributed by atoms with Gasteiger partial charge in [0.1, 0.15) is 5.82 Å². The van der Waals surface area contributed by atoms with Crippen molar-refractivity contribution in [2.45, 2.75) is 33.2 Å². The topological polar surface area (TPSA) is 29.9 Å². The molecule has 3 nitrogen and oxygen atoms in total. The van der Waals surface area contributed by atoms with Crippen molar-refractivity contribution < 1.29 is 4.39 Å². The van der Waals surface area contributed by atoms with Crippen LogP contribution in [0.5, 0.6) is 0 Å². The van der Waals surface area contributed by atoms with Crippen LogP contribution in [0.1, 0.15) is 34.1 Å². The SMILES string of the molecule is CNC(Cc1c(C)nn(C)c1C)c1cc(F)ccc1C. The lowest BCUT2D eigenvalue weighted by Gasteiger charge is -2.19. The van der Waals surface area contributed by atoms with Crippen LogP contribution in [0.15, 0.2) is 18.2 Å². The predicted octanol–water partition coefficient (Wildman–Crippen LogP) is 2.99. The maximum absolute atomic E-state index is 13.5. The number of aryl methyl sites for hydroxylation is 3. The van der Waals surface area contributed by atoms with Gasteiger partial charge in [0.05, 0.1) is 5.69 Å².